The van der Waals surface area contributed by atoms with Gasteiger partial charge in [0.05, 0.1) is 19.8 Å². The molecule has 1 spiro atoms. The summed E-state index contributed by atoms with van der Waals surface area (Å²) in [6.07, 6.45) is 5.77. The average Bonchev–Trinajstić information content (AvgIpc) is 2.78. The van der Waals surface area contributed by atoms with E-state index in [4.69, 9.17) is 9.47 Å². The lowest BCUT2D eigenvalue weighted by molar-refractivity contribution is -0.161. The van der Waals surface area contributed by atoms with E-state index in [0.717, 1.165) is 39.1 Å². The molecule has 0 saturated carbocycles. The molecule has 86 valence electrons. The second kappa shape index (κ2) is 4.03. The number of ether oxygens (including phenoxy) is 2. The molecular formula is C12H16N2O2. The molecule has 0 unspecified atom stereocenters. The van der Waals surface area contributed by atoms with Crippen molar-refractivity contribution in [3.05, 3.63) is 24.5 Å². The summed E-state index contributed by atoms with van der Waals surface area (Å²) in [7, 11) is 0. The molecule has 2 saturated heterocycles. The van der Waals surface area contributed by atoms with E-state index in [1.54, 1.807) is 0 Å². The summed E-state index contributed by atoms with van der Waals surface area (Å²) in [4.78, 5) is 6.36. The van der Waals surface area contributed by atoms with Crippen LogP contribution in [0.2, 0.25) is 0 Å². The molecule has 2 aliphatic heterocycles. The minimum Gasteiger partial charge on any atom is -0.366 e. The van der Waals surface area contributed by atoms with Crippen LogP contribution in [0.1, 0.15) is 12.8 Å². The van der Waals surface area contributed by atoms with Gasteiger partial charge in [0.1, 0.15) is 0 Å². The number of rotatable bonds is 1. The molecule has 4 heteroatoms. The van der Waals surface area contributed by atoms with E-state index < -0.39 is 0 Å². The van der Waals surface area contributed by atoms with Gasteiger partial charge < -0.3 is 14.4 Å². The Labute approximate surface area is 95.2 Å². The van der Waals surface area contributed by atoms with Crippen molar-refractivity contribution in [2.75, 3.05) is 31.2 Å². The molecule has 2 aliphatic rings. The molecule has 2 fully saturated rings. The van der Waals surface area contributed by atoms with E-state index in [1.807, 2.05) is 24.5 Å². The molecule has 0 aliphatic carbocycles. The molecule has 0 aromatic carbocycles. The highest BCUT2D eigenvalue weighted by atomic mass is 16.7. The van der Waals surface area contributed by atoms with Gasteiger partial charge in [0, 0.05) is 31.0 Å². The van der Waals surface area contributed by atoms with E-state index in [1.165, 1.54) is 5.69 Å². The standard InChI is InChI=1S/C12H16N2O2/c1-4-12(15-8-9-16-12)10-14(7-1)11-2-5-13-6-3-11/h2-3,5-6H,1,4,7-10H2. The lowest BCUT2D eigenvalue weighted by atomic mass is 10.0. The monoisotopic (exact) mass is 220 g/mol. The molecule has 0 bridgehead atoms. The fraction of sp³-hybridized carbons (Fsp3) is 0.583. The summed E-state index contributed by atoms with van der Waals surface area (Å²) in [5.74, 6) is -0.346. The predicted octanol–water partition coefficient (Wildman–Crippen LogP) is 1.42. The Hall–Kier alpha value is -1.13. The predicted molar refractivity (Wildman–Crippen MR) is 60.3 cm³/mol. The number of hydrogen-bond acceptors (Lipinski definition) is 4. The molecule has 3 heterocycles. The third-order valence-electron chi connectivity index (χ3n) is 3.26. The van der Waals surface area contributed by atoms with Crippen molar-refractivity contribution < 1.29 is 9.47 Å². The maximum Gasteiger partial charge on any atom is 0.186 e. The van der Waals surface area contributed by atoms with Gasteiger partial charge in [-0.1, -0.05) is 0 Å². The van der Waals surface area contributed by atoms with Crippen LogP contribution in [0.5, 0.6) is 0 Å². The number of anilines is 1. The zero-order chi connectivity index (χ0) is 10.8. The van der Waals surface area contributed by atoms with Crippen molar-refractivity contribution in [1.82, 2.24) is 4.98 Å². The summed E-state index contributed by atoms with van der Waals surface area (Å²) < 4.78 is 11.5. The summed E-state index contributed by atoms with van der Waals surface area (Å²) >= 11 is 0. The first kappa shape index (κ1) is 10.1. The highest BCUT2D eigenvalue weighted by Gasteiger charge is 2.40. The van der Waals surface area contributed by atoms with Crippen LogP contribution in [-0.2, 0) is 9.47 Å². The molecule has 16 heavy (non-hydrogen) atoms. The van der Waals surface area contributed by atoms with Crippen molar-refractivity contribution >= 4 is 5.69 Å². The maximum atomic E-state index is 5.75. The topological polar surface area (TPSA) is 34.6 Å². The van der Waals surface area contributed by atoms with E-state index in [-0.39, 0.29) is 5.79 Å². The quantitative estimate of drug-likeness (QED) is 0.717. The zero-order valence-corrected chi connectivity index (χ0v) is 9.26. The molecule has 4 nitrogen and oxygen atoms in total. The Morgan fingerprint density at radius 3 is 2.69 bits per heavy atom. The number of pyridine rings is 1. The summed E-state index contributed by atoms with van der Waals surface area (Å²) in [5.41, 5.74) is 1.20. The van der Waals surface area contributed by atoms with Crippen LogP contribution >= 0.6 is 0 Å². The Balaban J connectivity index is 1.77. The van der Waals surface area contributed by atoms with E-state index in [9.17, 15) is 0 Å². The van der Waals surface area contributed by atoms with Crippen LogP contribution in [0.15, 0.2) is 24.5 Å². The van der Waals surface area contributed by atoms with E-state index in [2.05, 4.69) is 9.88 Å². The SMILES string of the molecule is c1cc(N2CCCC3(C2)OCCO3)ccn1. The van der Waals surface area contributed by atoms with Crippen LogP contribution in [-0.4, -0.2) is 37.1 Å². The lowest BCUT2D eigenvalue weighted by Crippen LogP contribution is -2.49. The number of hydrogen-bond donors (Lipinski definition) is 0. The second-order valence-electron chi connectivity index (χ2n) is 4.34. The Bertz CT molecular complexity index is 349. The normalized spacial score (nSPS) is 23.9. The molecule has 0 atom stereocenters. The van der Waals surface area contributed by atoms with Crippen molar-refractivity contribution in [2.45, 2.75) is 18.6 Å². The van der Waals surface area contributed by atoms with Gasteiger partial charge in [-0.05, 0) is 18.6 Å². The van der Waals surface area contributed by atoms with Gasteiger partial charge in [0.15, 0.2) is 5.79 Å². The maximum absolute atomic E-state index is 5.75. The Morgan fingerprint density at radius 2 is 1.94 bits per heavy atom. The third-order valence-corrected chi connectivity index (χ3v) is 3.26. The van der Waals surface area contributed by atoms with Crippen LogP contribution in [0.3, 0.4) is 0 Å². The Kier molecular flexibility index (Phi) is 2.53. The minimum atomic E-state index is -0.346. The van der Waals surface area contributed by atoms with Crippen molar-refractivity contribution in [3.8, 4) is 0 Å². The minimum absolute atomic E-state index is 0.346. The van der Waals surface area contributed by atoms with Crippen LogP contribution in [0, 0.1) is 0 Å². The highest BCUT2D eigenvalue weighted by Crippen LogP contribution is 2.32. The Morgan fingerprint density at radius 1 is 1.19 bits per heavy atom. The van der Waals surface area contributed by atoms with Gasteiger partial charge in [0.2, 0.25) is 0 Å². The summed E-state index contributed by atoms with van der Waals surface area (Å²) in [6.45, 7) is 3.35. The first-order valence-corrected chi connectivity index (χ1v) is 5.81. The molecular weight excluding hydrogens is 204 g/mol. The van der Waals surface area contributed by atoms with E-state index >= 15 is 0 Å². The third kappa shape index (κ3) is 1.79. The van der Waals surface area contributed by atoms with Crippen LogP contribution in [0.25, 0.3) is 0 Å². The largest absolute Gasteiger partial charge is 0.366 e. The highest BCUT2D eigenvalue weighted by molar-refractivity contribution is 5.45. The van der Waals surface area contributed by atoms with Gasteiger partial charge in [-0.15, -0.1) is 0 Å². The number of aromatic nitrogens is 1. The van der Waals surface area contributed by atoms with Crippen molar-refractivity contribution in [1.29, 1.82) is 0 Å². The molecule has 3 rings (SSSR count). The van der Waals surface area contributed by atoms with Gasteiger partial charge in [0.25, 0.3) is 0 Å². The number of nitrogens with zero attached hydrogens (tertiary/aromatic N) is 2. The van der Waals surface area contributed by atoms with Gasteiger partial charge >= 0.3 is 0 Å². The number of piperidine rings is 1. The van der Waals surface area contributed by atoms with Gasteiger partial charge in [-0.2, -0.15) is 0 Å². The fourth-order valence-corrected chi connectivity index (χ4v) is 2.50. The van der Waals surface area contributed by atoms with Crippen molar-refractivity contribution in [3.63, 3.8) is 0 Å². The molecule has 0 N–H and O–H groups in total. The van der Waals surface area contributed by atoms with Crippen LogP contribution in [0.4, 0.5) is 5.69 Å². The van der Waals surface area contributed by atoms with Gasteiger partial charge in [-0.3, -0.25) is 4.98 Å². The van der Waals surface area contributed by atoms with Crippen LogP contribution < -0.4 is 4.90 Å². The molecule has 1 aromatic heterocycles. The van der Waals surface area contributed by atoms with Gasteiger partial charge in [-0.25, -0.2) is 0 Å². The van der Waals surface area contributed by atoms with E-state index in [0.29, 0.717) is 0 Å². The molecule has 0 amide bonds. The smallest absolute Gasteiger partial charge is 0.186 e. The zero-order valence-electron chi connectivity index (χ0n) is 9.26. The first-order valence-electron chi connectivity index (χ1n) is 5.81. The molecule has 0 radical (unpaired) electrons. The van der Waals surface area contributed by atoms with Crippen molar-refractivity contribution in [2.24, 2.45) is 0 Å². The fourth-order valence-electron chi connectivity index (χ4n) is 2.50. The average molecular weight is 220 g/mol. The second-order valence-corrected chi connectivity index (χ2v) is 4.34. The summed E-state index contributed by atoms with van der Waals surface area (Å²) in [5, 5.41) is 0. The summed E-state index contributed by atoms with van der Waals surface area (Å²) in [6, 6.07) is 4.07. The lowest BCUT2D eigenvalue weighted by Gasteiger charge is -2.39. The molecule has 1 aromatic rings. The first-order chi connectivity index (χ1) is 7.88.